The van der Waals surface area contributed by atoms with Gasteiger partial charge in [0.15, 0.2) is 0 Å². The van der Waals surface area contributed by atoms with Crippen molar-refractivity contribution in [3.8, 4) is 0 Å². The topological polar surface area (TPSA) is 82.5 Å². The highest BCUT2D eigenvalue weighted by atomic mass is 35.5. The second-order valence-electron chi connectivity index (χ2n) is 7.53. The van der Waals surface area contributed by atoms with E-state index >= 15 is 0 Å². The summed E-state index contributed by atoms with van der Waals surface area (Å²) in [6, 6.07) is 8.10. The number of carbonyl (C=O) groups is 2. The van der Waals surface area contributed by atoms with Crippen molar-refractivity contribution in [1.82, 2.24) is 4.98 Å². The van der Waals surface area contributed by atoms with Crippen molar-refractivity contribution in [1.29, 1.82) is 0 Å². The minimum absolute atomic E-state index is 0.0539. The Morgan fingerprint density at radius 2 is 1.71 bits per heavy atom. The molecule has 1 aromatic carbocycles. The smallest absolute Gasteiger partial charge is 0.339 e. The number of nitrogens with zero attached hydrogens (tertiary/aromatic N) is 2. The van der Waals surface area contributed by atoms with Gasteiger partial charge in [0.1, 0.15) is 11.4 Å². The summed E-state index contributed by atoms with van der Waals surface area (Å²) in [5.74, 6) is -0.402. The van der Waals surface area contributed by atoms with Gasteiger partial charge >= 0.3 is 5.97 Å². The minimum atomic E-state index is -1.09. The Morgan fingerprint density at radius 3 is 2.25 bits per heavy atom. The molecule has 1 amide bonds. The van der Waals surface area contributed by atoms with Gasteiger partial charge in [0.2, 0.25) is 0 Å². The number of benzene rings is 1. The third-order valence-corrected chi connectivity index (χ3v) is 4.27. The van der Waals surface area contributed by atoms with E-state index in [0.717, 1.165) is 0 Å². The SMILES string of the molecule is CC(C)CN(CC(C)C)c1ncc(NC(=O)c2ccccc2Cl)cc1C(=O)O. The third kappa shape index (κ3) is 5.70. The largest absolute Gasteiger partial charge is 0.478 e. The monoisotopic (exact) mass is 403 g/mol. The van der Waals surface area contributed by atoms with Crippen molar-refractivity contribution in [2.45, 2.75) is 27.7 Å². The molecule has 2 aromatic rings. The predicted molar refractivity (Wildman–Crippen MR) is 112 cm³/mol. The van der Waals surface area contributed by atoms with Gasteiger partial charge in [-0.25, -0.2) is 9.78 Å². The first kappa shape index (κ1) is 21.7. The number of halogens is 1. The lowest BCUT2D eigenvalue weighted by Crippen LogP contribution is -2.33. The van der Waals surface area contributed by atoms with Crippen LogP contribution in [-0.4, -0.2) is 35.1 Å². The van der Waals surface area contributed by atoms with Crippen molar-refractivity contribution >= 4 is 35.0 Å². The van der Waals surface area contributed by atoms with Gasteiger partial charge < -0.3 is 15.3 Å². The highest BCUT2D eigenvalue weighted by Gasteiger charge is 2.21. The molecule has 0 spiro atoms. The summed E-state index contributed by atoms with van der Waals surface area (Å²) in [5.41, 5.74) is 0.671. The number of hydrogen-bond acceptors (Lipinski definition) is 4. The lowest BCUT2D eigenvalue weighted by Gasteiger charge is -2.28. The highest BCUT2D eigenvalue weighted by Crippen LogP contribution is 2.24. The lowest BCUT2D eigenvalue weighted by atomic mass is 10.1. The van der Waals surface area contributed by atoms with E-state index in [1.807, 2.05) is 4.90 Å². The van der Waals surface area contributed by atoms with Gasteiger partial charge in [-0.15, -0.1) is 0 Å². The van der Waals surface area contributed by atoms with Gasteiger partial charge in [0.05, 0.1) is 22.5 Å². The Bertz CT molecular complexity index is 843. The number of carboxylic acids is 1. The summed E-state index contributed by atoms with van der Waals surface area (Å²) in [6.45, 7) is 9.68. The summed E-state index contributed by atoms with van der Waals surface area (Å²) in [5, 5.41) is 12.7. The fourth-order valence-electron chi connectivity index (χ4n) is 2.91. The normalized spacial score (nSPS) is 11.0. The molecular formula is C21H26ClN3O3. The summed E-state index contributed by atoms with van der Waals surface area (Å²) in [4.78, 5) is 30.7. The third-order valence-electron chi connectivity index (χ3n) is 3.94. The van der Waals surface area contributed by atoms with Gasteiger partial charge in [0, 0.05) is 13.1 Å². The van der Waals surface area contributed by atoms with Gasteiger partial charge in [-0.1, -0.05) is 51.4 Å². The number of hydrogen-bond donors (Lipinski definition) is 2. The number of amides is 1. The first-order chi connectivity index (χ1) is 13.2. The van der Waals surface area contributed by atoms with E-state index in [0.29, 0.717) is 47.0 Å². The maximum Gasteiger partial charge on any atom is 0.339 e. The van der Waals surface area contributed by atoms with Gasteiger partial charge in [-0.2, -0.15) is 0 Å². The van der Waals surface area contributed by atoms with Crippen LogP contribution in [0.5, 0.6) is 0 Å². The van der Waals surface area contributed by atoms with Crippen LogP contribution in [0.25, 0.3) is 0 Å². The van der Waals surface area contributed by atoms with Crippen molar-refractivity contribution < 1.29 is 14.7 Å². The summed E-state index contributed by atoms with van der Waals surface area (Å²) in [7, 11) is 0. The number of rotatable bonds is 8. The van der Waals surface area contributed by atoms with Crippen LogP contribution in [0.15, 0.2) is 36.5 Å². The Kier molecular flexibility index (Phi) is 7.40. The van der Waals surface area contributed by atoms with E-state index in [9.17, 15) is 14.7 Å². The molecule has 1 heterocycles. The molecule has 0 aliphatic heterocycles. The second kappa shape index (κ2) is 9.55. The van der Waals surface area contributed by atoms with Crippen LogP contribution in [0.3, 0.4) is 0 Å². The molecular weight excluding hydrogens is 378 g/mol. The number of carbonyl (C=O) groups excluding carboxylic acids is 1. The maximum atomic E-state index is 12.4. The van der Waals surface area contributed by atoms with Crippen LogP contribution in [-0.2, 0) is 0 Å². The molecule has 150 valence electrons. The fraction of sp³-hybridized carbons (Fsp3) is 0.381. The van der Waals surface area contributed by atoms with Crippen LogP contribution in [0, 0.1) is 11.8 Å². The van der Waals surface area contributed by atoms with Crippen molar-refractivity contribution in [2.24, 2.45) is 11.8 Å². The van der Waals surface area contributed by atoms with E-state index < -0.39 is 11.9 Å². The standard InChI is InChI=1S/C21H26ClN3O3/c1-13(2)11-25(12-14(3)4)19-17(21(27)28)9-15(10-23-19)24-20(26)16-7-5-6-8-18(16)22/h5-10,13-14H,11-12H2,1-4H3,(H,24,26)(H,27,28). The van der Waals surface area contributed by atoms with Crippen LogP contribution in [0.1, 0.15) is 48.4 Å². The molecule has 0 aliphatic carbocycles. The molecule has 0 fully saturated rings. The van der Waals surface area contributed by atoms with E-state index in [2.05, 4.69) is 38.0 Å². The average Bonchev–Trinajstić information content (AvgIpc) is 2.60. The molecule has 0 bridgehead atoms. The van der Waals surface area contributed by atoms with E-state index in [4.69, 9.17) is 11.6 Å². The van der Waals surface area contributed by atoms with E-state index in [1.165, 1.54) is 12.3 Å². The number of carboxylic acid groups (broad SMARTS) is 1. The van der Waals surface area contributed by atoms with Gasteiger partial charge in [0.25, 0.3) is 5.91 Å². The van der Waals surface area contributed by atoms with E-state index in [-0.39, 0.29) is 5.56 Å². The Morgan fingerprint density at radius 1 is 1.11 bits per heavy atom. The second-order valence-corrected chi connectivity index (χ2v) is 7.93. The van der Waals surface area contributed by atoms with E-state index in [1.54, 1.807) is 24.3 Å². The number of anilines is 2. The zero-order chi connectivity index (χ0) is 20.8. The first-order valence-electron chi connectivity index (χ1n) is 9.23. The molecule has 2 N–H and O–H groups in total. The molecule has 0 atom stereocenters. The number of pyridine rings is 1. The maximum absolute atomic E-state index is 12.4. The molecule has 1 aromatic heterocycles. The van der Waals surface area contributed by atoms with Crippen LogP contribution < -0.4 is 10.2 Å². The Labute approximate surface area is 170 Å². The van der Waals surface area contributed by atoms with Crippen LogP contribution in [0.2, 0.25) is 5.02 Å². The average molecular weight is 404 g/mol. The van der Waals surface area contributed by atoms with Crippen molar-refractivity contribution in [2.75, 3.05) is 23.3 Å². The molecule has 28 heavy (non-hydrogen) atoms. The van der Waals surface area contributed by atoms with Crippen LogP contribution >= 0.6 is 11.6 Å². The number of aromatic carboxylic acids is 1. The molecule has 0 unspecified atom stereocenters. The molecule has 7 heteroatoms. The number of aromatic nitrogens is 1. The van der Waals surface area contributed by atoms with Gasteiger partial charge in [-0.3, -0.25) is 4.79 Å². The quantitative estimate of drug-likeness (QED) is 0.661. The predicted octanol–water partition coefficient (Wildman–Crippen LogP) is 4.80. The molecule has 6 nitrogen and oxygen atoms in total. The first-order valence-corrected chi connectivity index (χ1v) is 9.61. The molecule has 0 saturated carbocycles. The summed E-state index contributed by atoms with van der Waals surface area (Å²) >= 11 is 6.05. The van der Waals surface area contributed by atoms with Crippen molar-refractivity contribution in [3.63, 3.8) is 0 Å². The zero-order valence-electron chi connectivity index (χ0n) is 16.6. The molecule has 0 aliphatic rings. The lowest BCUT2D eigenvalue weighted by molar-refractivity contribution is 0.0696. The molecule has 0 radical (unpaired) electrons. The Hall–Kier alpha value is -2.60. The number of nitrogens with one attached hydrogen (secondary N) is 1. The molecule has 2 rings (SSSR count). The van der Waals surface area contributed by atoms with Crippen molar-refractivity contribution in [3.05, 3.63) is 52.7 Å². The zero-order valence-corrected chi connectivity index (χ0v) is 17.3. The van der Waals surface area contributed by atoms with Gasteiger partial charge in [-0.05, 0) is 30.0 Å². The highest BCUT2D eigenvalue weighted by molar-refractivity contribution is 6.34. The van der Waals surface area contributed by atoms with Crippen LogP contribution in [0.4, 0.5) is 11.5 Å². The Balaban J connectivity index is 2.34. The summed E-state index contributed by atoms with van der Waals surface area (Å²) < 4.78 is 0. The molecule has 0 saturated heterocycles. The summed E-state index contributed by atoms with van der Waals surface area (Å²) in [6.07, 6.45) is 1.48. The fourth-order valence-corrected chi connectivity index (χ4v) is 3.13. The minimum Gasteiger partial charge on any atom is -0.478 e.